The molecule has 2 fully saturated rings. The van der Waals surface area contributed by atoms with Crippen molar-refractivity contribution in [2.75, 3.05) is 39.3 Å². The van der Waals surface area contributed by atoms with E-state index in [0.29, 0.717) is 12.6 Å². The summed E-state index contributed by atoms with van der Waals surface area (Å²) < 4.78 is 0. The van der Waals surface area contributed by atoms with Crippen LogP contribution in [0, 0.1) is 0 Å². The molecule has 2 aliphatic rings. The first-order valence-electron chi connectivity index (χ1n) is 6.73. The molecular formula is C12H22N4O2. The number of hydrogen-bond donors (Lipinski definition) is 2. The van der Waals surface area contributed by atoms with Crippen LogP contribution in [0.5, 0.6) is 0 Å². The van der Waals surface area contributed by atoms with Crippen LogP contribution in [0.3, 0.4) is 0 Å². The molecule has 2 aliphatic heterocycles. The molecule has 18 heavy (non-hydrogen) atoms. The third-order valence-corrected chi connectivity index (χ3v) is 3.63. The maximum absolute atomic E-state index is 11.4. The van der Waals surface area contributed by atoms with Gasteiger partial charge in [0.05, 0.1) is 0 Å². The van der Waals surface area contributed by atoms with Gasteiger partial charge in [-0.05, 0) is 32.5 Å². The van der Waals surface area contributed by atoms with Crippen molar-refractivity contribution in [1.82, 2.24) is 20.4 Å². The van der Waals surface area contributed by atoms with Crippen LogP contribution in [0.4, 0.5) is 4.79 Å². The number of nitrogens with zero attached hydrogens (tertiary/aromatic N) is 2. The van der Waals surface area contributed by atoms with E-state index >= 15 is 0 Å². The molecule has 1 unspecified atom stereocenters. The van der Waals surface area contributed by atoms with Gasteiger partial charge in [-0.1, -0.05) is 6.92 Å². The van der Waals surface area contributed by atoms with Crippen LogP contribution >= 0.6 is 0 Å². The van der Waals surface area contributed by atoms with Crippen LogP contribution < -0.4 is 10.6 Å². The minimum atomic E-state index is -0.249. The quantitative estimate of drug-likeness (QED) is 0.671. The second-order valence-electron chi connectivity index (χ2n) is 4.96. The number of likely N-dealkylation sites (N-methyl/N-ethyl adjacent to an activating group) is 1. The molecule has 0 spiro atoms. The van der Waals surface area contributed by atoms with Crippen molar-refractivity contribution in [2.45, 2.75) is 25.8 Å². The van der Waals surface area contributed by atoms with Gasteiger partial charge in [0.15, 0.2) is 0 Å². The molecule has 0 aromatic rings. The molecule has 1 atom stereocenters. The van der Waals surface area contributed by atoms with Gasteiger partial charge in [-0.2, -0.15) is 0 Å². The normalized spacial score (nSPS) is 26.3. The minimum Gasteiger partial charge on any atom is -0.315 e. The third-order valence-electron chi connectivity index (χ3n) is 3.63. The topological polar surface area (TPSA) is 64.7 Å². The summed E-state index contributed by atoms with van der Waals surface area (Å²) in [4.78, 5) is 26.5. The Balaban J connectivity index is 1.78. The third kappa shape index (κ3) is 3.43. The van der Waals surface area contributed by atoms with Gasteiger partial charge < -0.3 is 15.1 Å². The van der Waals surface area contributed by atoms with E-state index in [-0.39, 0.29) is 18.5 Å². The number of imide groups is 1. The molecule has 102 valence electrons. The first-order chi connectivity index (χ1) is 8.69. The number of nitrogens with one attached hydrogen (secondary N) is 2. The Morgan fingerprint density at radius 2 is 2.22 bits per heavy atom. The lowest BCUT2D eigenvalue weighted by Gasteiger charge is -2.24. The molecule has 0 aromatic heterocycles. The Kier molecular flexibility index (Phi) is 4.54. The Morgan fingerprint density at radius 1 is 1.39 bits per heavy atom. The molecular weight excluding hydrogens is 232 g/mol. The highest BCUT2D eigenvalue weighted by Crippen LogP contribution is 2.06. The molecule has 3 amide bonds. The van der Waals surface area contributed by atoms with Gasteiger partial charge in [-0.25, -0.2) is 4.79 Å². The molecule has 2 N–H and O–H groups in total. The molecule has 2 rings (SSSR count). The molecule has 0 radical (unpaired) electrons. The lowest BCUT2D eigenvalue weighted by Crippen LogP contribution is -2.40. The Labute approximate surface area is 108 Å². The van der Waals surface area contributed by atoms with Crippen molar-refractivity contribution in [2.24, 2.45) is 0 Å². The fraction of sp³-hybridized carbons (Fsp3) is 0.833. The lowest BCUT2D eigenvalue weighted by atomic mass is 10.2. The maximum atomic E-state index is 11.4. The molecule has 0 aromatic carbocycles. The number of amides is 3. The number of hydrogen-bond acceptors (Lipinski definition) is 4. The summed E-state index contributed by atoms with van der Waals surface area (Å²) in [6.45, 7) is 7.31. The lowest BCUT2D eigenvalue weighted by molar-refractivity contribution is -0.118. The molecule has 6 heteroatoms. The maximum Gasteiger partial charge on any atom is 0.324 e. The highest BCUT2D eigenvalue weighted by Gasteiger charge is 2.27. The molecule has 6 nitrogen and oxygen atoms in total. The second-order valence-corrected chi connectivity index (χ2v) is 4.96. The van der Waals surface area contributed by atoms with Crippen molar-refractivity contribution in [1.29, 1.82) is 0 Å². The van der Waals surface area contributed by atoms with Crippen molar-refractivity contribution >= 4 is 11.9 Å². The van der Waals surface area contributed by atoms with Gasteiger partial charge in [0.2, 0.25) is 5.91 Å². The zero-order valence-electron chi connectivity index (χ0n) is 10.9. The summed E-state index contributed by atoms with van der Waals surface area (Å²) in [5.74, 6) is -0.191. The predicted octanol–water partition coefficient (Wildman–Crippen LogP) is -0.388. The number of urea groups is 1. The van der Waals surface area contributed by atoms with Crippen molar-refractivity contribution in [3.8, 4) is 0 Å². The molecule has 0 saturated carbocycles. The summed E-state index contributed by atoms with van der Waals surface area (Å²) in [5.41, 5.74) is 0. The van der Waals surface area contributed by atoms with E-state index < -0.39 is 0 Å². The second kappa shape index (κ2) is 6.15. The van der Waals surface area contributed by atoms with Crippen LogP contribution in [0.15, 0.2) is 0 Å². The first-order valence-corrected chi connectivity index (χ1v) is 6.73. The highest BCUT2D eigenvalue weighted by molar-refractivity contribution is 6.01. The molecule has 2 saturated heterocycles. The predicted molar refractivity (Wildman–Crippen MR) is 68.3 cm³/mol. The molecule has 0 aliphatic carbocycles. The standard InChI is InChI=1S/C12H22N4O2/c1-2-15-6-3-5-13-10(8-15)4-7-16-9-11(17)14-12(16)18/h10,13H,2-9H2,1H3,(H,14,17,18). The van der Waals surface area contributed by atoms with Crippen LogP contribution in [0.1, 0.15) is 19.8 Å². The van der Waals surface area contributed by atoms with E-state index in [0.717, 1.165) is 32.6 Å². The van der Waals surface area contributed by atoms with E-state index in [2.05, 4.69) is 22.5 Å². The summed E-state index contributed by atoms with van der Waals surface area (Å²) in [5, 5.41) is 5.82. The minimum absolute atomic E-state index is 0.191. The average molecular weight is 254 g/mol. The van der Waals surface area contributed by atoms with Crippen LogP contribution in [-0.2, 0) is 4.79 Å². The van der Waals surface area contributed by atoms with Gasteiger partial charge in [0, 0.05) is 19.1 Å². The number of carbonyl (C=O) groups excluding carboxylic acids is 2. The largest absolute Gasteiger partial charge is 0.324 e. The zero-order chi connectivity index (χ0) is 13.0. The van der Waals surface area contributed by atoms with Crippen LogP contribution in [0.2, 0.25) is 0 Å². The van der Waals surface area contributed by atoms with E-state index in [9.17, 15) is 9.59 Å². The van der Waals surface area contributed by atoms with E-state index in [4.69, 9.17) is 0 Å². The van der Waals surface area contributed by atoms with E-state index in [1.807, 2.05) is 0 Å². The summed E-state index contributed by atoms with van der Waals surface area (Å²) in [7, 11) is 0. The SMILES string of the molecule is CCN1CCCNC(CCN2CC(=O)NC2=O)C1. The van der Waals surface area contributed by atoms with Crippen LogP contribution in [0.25, 0.3) is 0 Å². The van der Waals surface area contributed by atoms with Crippen molar-refractivity contribution in [3.05, 3.63) is 0 Å². The van der Waals surface area contributed by atoms with Gasteiger partial charge in [-0.15, -0.1) is 0 Å². The van der Waals surface area contributed by atoms with E-state index in [1.54, 1.807) is 4.90 Å². The highest BCUT2D eigenvalue weighted by atomic mass is 16.2. The number of carbonyl (C=O) groups is 2. The van der Waals surface area contributed by atoms with Gasteiger partial charge >= 0.3 is 6.03 Å². The zero-order valence-corrected chi connectivity index (χ0v) is 10.9. The van der Waals surface area contributed by atoms with Crippen molar-refractivity contribution in [3.63, 3.8) is 0 Å². The Morgan fingerprint density at radius 3 is 2.89 bits per heavy atom. The monoisotopic (exact) mass is 254 g/mol. The fourth-order valence-electron chi connectivity index (χ4n) is 2.53. The van der Waals surface area contributed by atoms with Gasteiger partial charge in [0.1, 0.15) is 6.54 Å². The molecule has 2 heterocycles. The van der Waals surface area contributed by atoms with Gasteiger partial charge in [0.25, 0.3) is 0 Å². The van der Waals surface area contributed by atoms with Gasteiger partial charge in [-0.3, -0.25) is 10.1 Å². The Bertz CT molecular complexity index is 321. The van der Waals surface area contributed by atoms with E-state index in [1.165, 1.54) is 6.42 Å². The molecule has 0 bridgehead atoms. The summed E-state index contributed by atoms with van der Waals surface area (Å²) >= 11 is 0. The Hall–Kier alpha value is -1.14. The number of rotatable bonds is 4. The van der Waals surface area contributed by atoms with Crippen LogP contribution in [-0.4, -0.2) is 67.0 Å². The average Bonchev–Trinajstić information content (AvgIpc) is 2.56. The first kappa shape index (κ1) is 13.3. The smallest absolute Gasteiger partial charge is 0.315 e. The summed E-state index contributed by atoms with van der Waals surface area (Å²) in [6.07, 6.45) is 2.07. The summed E-state index contributed by atoms with van der Waals surface area (Å²) in [6, 6.07) is 0.164. The fourth-order valence-corrected chi connectivity index (χ4v) is 2.53. The van der Waals surface area contributed by atoms with Crippen molar-refractivity contribution < 1.29 is 9.59 Å².